The molecule has 0 unspecified atom stereocenters. The Hall–Kier alpha value is -5.68. The summed E-state index contributed by atoms with van der Waals surface area (Å²) in [5.41, 5.74) is -1.12. The number of aliphatic hydroxyl groups is 6. The quantitative estimate of drug-likeness (QED) is 0.0505. The summed E-state index contributed by atoms with van der Waals surface area (Å²) in [6.07, 6.45) is -16.7. The third-order valence-corrected chi connectivity index (χ3v) is 9.18. The Morgan fingerprint density at radius 3 is 2.18 bits per heavy atom. The van der Waals surface area contributed by atoms with Gasteiger partial charge in [0.2, 0.25) is 17.5 Å². The Balaban J connectivity index is 1.28. The predicted molar refractivity (Wildman–Crippen MR) is 189 cm³/mol. The van der Waals surface area contributed by atoms with Crippen molar-refractivity contribution in [2.24, 2.45) is 0 Å². The van der Waals surface area contributed by atoms with Crippen LogP contribution in [0.25, 0.3) is 28.4 Å². The van der Waals surface area contributed by atoms with Crippen LogP contribution in [0.1, 0.15) is 5.56 Å². The van der Waals surface area contributed by atoms with Crippen LogP contribution < -0.4 is 14.9 Å². The molecule has 2 aliphatic heterocycles. The lowest BCUT2D eigenvalue weighted by Gasteiger charge is -2.45. The van der Waals surface area contributed by atoms with Crippen LogP contribution in [-0.4, -0.2) is 144 Å². The largest absolute Gasteiger partial charge is 0.508 e. The molecule has 0 saturated carbocycles. The summed E-state index contributed by atoms with van der Waals surface area (Å²) < 4.78 is 39.0. The number of phenols is 5. The fraction of sp³-hybridized carbons (Fsp3) is 0.351. The Morgan fingerprint density at radius 2 is 1.47 bits per heavy atom. The van der Waals surface area contributed by atoms with Crippen molar-refractivity contribution in [2.75, 3.05) is 20.3 Å². The van der Waals surface area contributed by atoms with Gasteiger partial charge in [-0.05, 0) is 42.0 Å². The van der Waals surface area contributed by atoms with Gasteiger partial charge in [-0.15, -0.1) is 0 Å². The molecule has 4 aromatic rings. The first-order valence-electron chi connectivity index (χ1n) is 17.0. The van der Waals surface area contributed by atoms with E-state index in [-0.39, 0.29) is 22.6 Å². The van der Waals surface area contributed by atoms with Gasteiger partial charge in [-0.2, -0.15) is 0 Å². The average molecular weight is 803 g/mol. The van der Waals surface area contributed by atoms with Crippen LogP contribution in [-0.2, 0) is 23.7 Å². The van der Waals surface area contributed by atoms with Crippen molar-refractivity contribution in [3.8, 4) is 51.6 Å². The molecule has 57 heavy (non-hydrogen) atoms. The summed E-state index contributed by atoms with van der Waals surface area (Å²) in [6, 6.07) is 9.31. The van der Waals surface area contributed by atoms with Crippen LogP contribution >= 0.6 is 0 Å². The number of hydrogen-bond acceptors (Lipinski definition) is 20. The molecule has 11 N–H and O–H groups in total. The molecule has 2 saturated heterocycles. The SMILES string of the molecule is COc1cc(/C=C/C(=O)OC[C@H]2O[C@@H](O[C@H]3[C@H](Oc4c(-c5ccc(O)c(O)c5)oc5cc(O)cc(O)c5c4=O)O[C@H](CO)[C@@H](O)[C@@H]3O)[C@H](O)[C@@H](O)[C@@H]2O)ccc1O. The Kier molecular flexibility index (Phi) is 12.1. The molecule has 6 rings (SSSR count). The highest BCUT2D eigenvalue weighted by molar-refractivity contribution is 5.88. The van der Waals surface area contributed by atoms with Crippen molar-refractivity contribution in [1.82, 2.24) is 0 Å². The molecule has 20 heteroatoms. The molecule has 3 heterocycles. The van der Waals surface area contributed by atoms with Gasteiger partial charge in [-0.25, -0.2) is 4.79 Å². The van der Waals surface area contributed by atoms with Crippen molar-refractivity contribution in [2.45, 2.75) is 61.4 Å². The summed E-state index contributed by atoms with van der Waals surface area (Å²) in [6.45, 7) is -1.63. The monoisotopic (exact) mass is 802 g/mol. The van der Waals surface area contributed by atoms with Gasteiger partial charge in [0.05, 0.1) is 13.7 Å². The first-order valence-corrected chi connectivity index (χ1v) is 17.0. The first-order chi connectivity index (χ1) is 27.1. The molecule has 306 valence electrons. The van der Waals surface area contributed by atoms with Crippen molar-refractivity contribution in [3.63, 3.8) is 0 Å². The van der Waals surface area contributed by atoms with Crippen LogP contribution in [0, 0.1) is 0 Å². The minimum Gasteiger partial charge on any atom is -0.508 e. The summed E-state index contributed by atoms with van der Waals surface area (Å²) in [5.74, 6) is -4.65. The number of carbonyl (C=O) groups is 1. The van der Waals surface area contributed by atoms with E-state index in [4.69, 9.17) is 32.8 Å². The van der Waals surface area contributed by atoms with E-state index in [0.717, 1.165) is 30.3 Å². The van der Waals surface area contributed by atoms with Gasteiger partial charge < -0.3 is 89.0 Å². The van der Waals surface area contributed by atoms with Crippen LogP contribution in [0.3, 0.4) is 0 Å². The van der Waals surface area contributed by atoms with Gasteiger partial charge in [-0.1, -0.05) is 6.07 Å². The maximum absolute atomic E-state index is 14.0. The van der Waals surface area contributed by atoms with Crippen molar-refractivity contribution < 1.29 is 93.8 Å². The van der Waals surface area contributed by atoms with E-state index in [9.17, 15) is 65.8 Å². The van der Waals surface area contributed by atoms with Crippen LogP contribution in [0.4, 0.5) is 0 Å². The zero-order chi connectivity index (χ0) is 41.3. The van der Waals surface area contributed by atoms with Crippen LogP contribution in [0.15, 0.2) is 63.8 Å². The van der Waals surface area contributed by atoms with Crippen LogP contribution in [0.2, 0.25) is 0 Å². The molecule has 0 bridgehead atoms. The van der Waals surface area contributed by atoms with E-state index in [2.05, 4.69) is 0 Å². The second-order valence-corrected chi connectivity index (χ2v) is 13.0. The molecule has 3 aromatic carbocycles. The second-order valence-electron chi connectivity index (χ2n) is 13.0. The smallest absolute Gasteiger partial charge is 0.330 e. The second kappa shape index (κ2) is 16.8. The highest BCUT2D eigenvalue weighted by Gasteiger charge is 2.52. The fourth-order valence-electron chi connectivity index (χ4n) is 6.14. The minimum atomic E-state index is -2.07. The average Bonchev–Trinajstić information content (AvgIpc) is 3.18. The molecule has 0 radical (unpaired) electrons. The van der Waals surface area contributed by atoms with Gasteiger partial charge >= 0.3 is 5.97 Å². The standard InChI is InChI=1S/C37H38O20/c1-51-21-8-14(2-5-18(21)41)3-7-25(44)52-13-24-28(46)30(48)32(50)36(55-24)57-35-31(49)27(45)23(12-38)54-37(35)56-34-29(47)26-20(43)10-16(39)11-22(26)53-33(34)15-4-6-17(40)19(42)9-15/h2-11,23-24,27-28,30-32,35-43,45-46,48-50H,12-13H2,1H3/b7-3+/t23-,24-,27-,28-,30+,31+,32-,35-,36+,37+/m1/s1. The molecule has 20 nitrogen and oxygen atoms in total. The van der Waals surface area contributed by atoms with Crippen molar-refractivity contribution in [3.05, 3.63) is 70.4 Å². The van der Waals surface area contributed by atoms with E-state index in [1.807, 2.05) is 0 Å². The summed E-state index contributed by atoms with van der Waals surface area (Å²) in [4.78, 5) is 26.5. The number of fused-ring (bicyclic) bond motifs is 1. The number of carbonyl (C=O) groups excluding carboxylic acids is 1. The predicted octanol–water partition coefficient (Wildman–Crippen LogP) is -0.736. The van der Waals surface area contributed by atoms with E-state index in [0.29, 0.717) is 5.56 Å². The molecule has 0 aliphatic carbocycles. The highest BCUT2D eigenvalue weighted by atomic mass is 16.8. The number of hydrogen-bond donors (Lipinski definition) is 11. The molecule has 1 aromatic heterocycles. The lowest BCUT2D eigenvalue weighted by atomic mass is 9.97. The van der Waals surface area contributed by atoms with E-state index < -0.39 is 126 Å². The molecule has 10 atom stereocenters. The Labute approximate surface area is 320 Å². The molecule has 0 spiro atoms. The van der Waals surface area contributed by atoms with Crippen molar-refractivity contribution >= 4 is 23.0 Å². The first kappa shape index (κ1) is 41.0. The number of phenolic OH excluding ortho intramolecular Hbond substituents is 5. The Morgan fingerprint density at radius 1 is 0.772 bits per heavy atom. The molecular weight excluding hydrogens is 764 g/mol. The fourth-order valence-corrected chi connectivity index (χ4v) is 6.14. The van der Waals surface area contributed by atoms with Crippen LogP contribution in [0.5, 0.6) is 40.2 Å². The molecule has 0 amide bonds. The maximum atomic E-state index is 14.0. The summed E-state index contributed by atoms with van der Waals surface area (Å²) in [7, 11) is 1.34. The zero-order valence-electron chi connectivity index (χ0n) is 29.6. The van der Waals surface area contributed by atoms with Gasteiger partial charge in [0, 0.05) is 23.8 Å². The summed E-state index contributed by atoms with van der Waals surface area (Å²) >= 11 is 0. The number of benzene rings is 3. The Bertz CT molecular complexity index is 2180. The number of aromatic hydroxyl groups is 5. The van der Waals surface area contributed by atoms with Gasteiger partial charge in [0.1, 0.15) is 71.8 Å². The molecular formula is C37H38O20. The highest BCUT2D eigenvalue weighted by Crippen LogP contribution is 2.40. The van der Waals surface area contributed by atoms with Gasteiger partial charge in [0.25, 0.3) is 0 Å². The topological polar surface area (TPSA) is 325 Å². The third-order valence-electron chi connectivity index (χ3n) is 9.18. The van der Waals surface area contributed by atoms with E-state index in [1.54, 1.807) is 0 Å². The number of rotatable bonds is 11. The van der Waals surface area contributed by atoms with E-state index in [1.165, 1.54) is 37.5 Å². The number of methoxy groups -OCH3 is 1. The number of ether oxygens (including phenoxy) is 6. The normalized spacial score (nSPS) is 27.7. The summed E-state index contributed by atoms with van der Waals surface area (Å²) in [5, 5.41) is 114. The lowest BCUT2D eigenvalue weighted by molar-refractivity contribution is -0.358. The zero-order valence-corrected chi connectivity index (χ0v) is 29.6. The lowest BCUT2D eigenvalue weighted by Crippen LogP contribution is -2.65. The van der Waals surface area contributed by atoms with Gasteiger partial charge in [-0.3, -0.25) is 4.79 Å². The van der Waals surface area contributed by atoms with Crippen molar-refractivity contribution in [1.29, 1.82) is 0 Å². The molecule has 2 aliphatic rings. The maximum Gasteiger partial charge on any atom is 0.330 e. The molecule has 2 fully saturated rings. The number of aliphatic hydroxyl groups excluding tert-OH is 6. The minimum absolute atomic E-state index is 0.104. The van der Waals surface area contributed by atoms with E-state index >= 15 is 0 Å². The van der Waals surface area contributed by atoms with Gasteiger partial charge in [0.15, 0.2) is 41.2 Å². The number of esters is 1. The third kappa shape index (κ3) is 8.39.